The Balaban J connectivity index is 1.79. The summed E-state index contributed by atoms with van der Waals surface area (Å²) < 4.78 is 42.8. The fourth-order valence-electron chi connectivity index (χ4n) is 3.84. The smallest absolute Gasteiger partial charge is 0.265 e. The molecular formula is C21H25ClFNO5S. The standard InChI is InChI=1S/C21H25ClFNO5S/c1-14(20(29-30(2,27)28)15-3-8-19(25)18(23)13-15)24-11-9-21(26,10-12-24)16-4-6-17(22)7-5-16/h3-8,13-14,20,25-26H,9-12H2,1-2H3. The number of likely N-dealkylation sites (tertiary alicyclic amines) is 1. The van der Waals surface area contributed by atoms with Crippen molar-refractivity contribution in [2.24, 2.45) is 0 Å². The van der Waals surface area contributed by atoms with Gasteiger partial charge in [-0.05, 0) is 55.2 Å². The maximum absolute atomic E-state index is 13.9. The molecule has 9 heteroatoms. The number of halogens is 2. The van der Waals surface area contributed by atoms with Crippen LogP contribution in [0.4, 0.5) is 4.39 Å². The highest BCUT2D eigenvalue weighted by atomic mass is 35.5. The van der Waals surface area contributed by atoms with Gasteiger partial charge in [-0.15, -0.1) is 0 Å². The molecule has 1 saturated heterocycles. The van der Waals surface area contributed by atoms with Crippen molar-refractivity contribution in [2.45, 2.75) is 37.5 Å². The van der Waals surface area contributed by atoms with Crippen LogP contribution in [0.3, 0.4) is 0 Å². The Morgan fingerprint density at radius 2 is 1.77 bits per heavy atom. The van der Waals surface area contributed by atoms with E-state index in [2.05, 4.69) is 0 Å². The summed E-state index contributed by atoms with van der Waals surface area (Å²) >= 11 is 5.93. The van der Waals surface area contributed by atoms with E-state index in [0.29, 0.717) is 36.5 Å². The van der Waals surface area contributed by atoms with Gasteiger partial charge in [-0.3, -0.25) is 9.08 Å². The predicted molar refractivity (Wildman–Crippen MR) is 112 cm³/mol. The molecule has 0 aliphatic carbocycles. The minimum absolute atomic E-state index is 0.307. The van der Waals surface area contributed by atoms with Gasteiger partial charge in [0.25, 0.3) is 10.1 Å². The lowest BCUT2D eigenvalue weighted by Crippen LogP contribution is -2.48. The molecule has 0 amide bonds. The van der Waals surface area contributed by atoms with Crippen LogP contribution in [-0.4, -0.2) is 48.9 Å². The van der Waals surface area contributed by atoms with Crippen molar-refractivity contribution in [1.29, 1.82) is 0 Å². The van der Waals surface area contributed by atoms with Gasteiger partial charge in [-0.2, -0.15) is 8.42 Å². The summed E-state index contributed by atoms with van der Waals surface area (Å²) in [6.45, 7) is 2.78. The maximum atomic E-state index is 13.9. The molecule has 1 heterocycles. The third-order valence-corrected chi connectivity index (χ3v) is 6.41. The highest BCUT2D eigenvalue weighted by Crippen LogP contribution is 2.37. The number of piperidine rings is 1. The minimum atomic E-state index is -3.82. The SMILES string of the molecule is CC(C(OS(C)(=O)=O)c1ccc(O)c(F)c1)N1CCC(O)(c2ccc(Cl)cc2)CC1. The Hall–Kier alpha value is -1.71. The van der Waals surface area contributed by atoms with E-state index in [-0.39, 0.29) is 0 Å². The fourth-order valence-corrected chi connectivity index (χ4v) is 4.62. The molecule has 2 atom stereocenters. The normalized spacial score (nSPS) is 19.4. The molecule has 1 aliphatic heterocycles. The molecule has 6 nitrogen and oxygen atoms in total. The largest absolute Gasteiger partial charge is 0.505 e. The van der Waals surface area contributed by atoms with E-state index < -0.39 is 39.4 Å². The molecule has 30 heavy (non-hydrogen) atoms. The lowest BCUT2D eigenvalue weighted by atomic mass is 9.83. The molecule has 2 aromatic rings. The second-order valence-corrected chi connectivity index (χ2v) is 9.78. The van der Waals surface area contributed by atoms with Crippen LogP contribution < -0.4 is 0 Å². The molecular weight excluding hydrogens is 433 g/mol. The molecule has 2 aromatic carbocycles. The minimum Gasteiger partial charge on any atom is -0.505 e. The van der Waals surface area contributed by atoms with Crippen molar-refractivity contribution >= 4 is 21.7 Å². The van der Waals surface area contributed by atoms with Crippen LogP contribution in [0.25, 0.3) is 0 Å². The van der Waals surface area contributed by atoms with Crippen LogP contribution in [0.15, 0.2) is 42.5 Å². The quantitative estimate of drug-likeness (QED) is 0.645. The zero-order chi connectivity index (χ0) is 22.1. The van der Waals surface area contributed by atoms with Crippen LogP contribution >= 0.6 is 11.6 Å². The molecule has 0 aromatic heterocycles. The number of benzene rings is 2. The molecule has 2 unspecified atom stereocenters. The van der Waals surface area contributed by atoms with E-state index in [1.807, 2.05) is 4.90 Å². The van der Waals surface area contributed by atoms with Crippen LogP contribution in [-0.2, 0) is 19.9 Å². The first-order valence-electron chi connectivity index (χ1n) is 9.58. The summed E-state index contributed by atoms with van der Waals surface area (Å²) in [7, 11) is -3.82. The Morgan fingerprint density at radius 3 is 2.30 bits per heavy atom. The van der Waals surface area contributed by atoms with Crippen LogP contribution in [0.1, 0.15) is 37.0 Å². The first kappa shape index (κ1) is 23.0. The number of hydrogen-bond acceptors (Lipinski definition) is 6. The van der Waals surface area contributed by atoms with Gasteiger partial charge in [0, 0.05) is 24.2 Å². The summed E-state index contributed by atoms with van der Waals surface area (Å²) in [4.78, 5) is 2.00. The third-order valence-electron chi connectivity index (χ3n) is 5.60. The highest BCUT2D eigenvalue weighted by molar-refractivity contribution is 7.86. The molecule has 3 rings (SSSR count). The number of aliphatic hydroxyl groups is 1. The van der Waals surface area contributed by atoms with Crippen molar-refractivity contribution < 1.29 is 27.2 Å². The van der Waals surface area contributed by atoms with E-state index in [0.717, 1.165) is 17.9 Å². The Morgan fingerprint density at radius 1 is 1.17 bits per heavy atom. The van der Waals surface area contributed by atoms with Gasteiger partial charge in [0.15, 0.2) is 11.6 Å². The number of phenols is 1. The third kappa shape index (κ3) is 5.31. The fraction of sp³-hybridized carbons (Fsp3) is 0.429. The second kappa shape index (κ2) is 8.80. The number of aromatic hydroxyl groups is 1. The summed E-state index contributed by atoms with van der Waals surface area (Å²) in [5.74, 6) is -1.37. The Bertz CT molecular complexity index is 991. The van der Waals surface area contributed by atoms with Gasteiger partial charge in [-0.1, -0.05) is 29.8 Å². The summed E-state index contributed by atoms with van der Waals surface area (Å²) in [5, 5.41) is 21.1. The van der Waals surface area contributed by atoms with E-state index in [4.69, 9.17) is 15.8 Å². The van der Waals surface area contributed by atoms with E-state index in [9.17, 15) is 23.0 Å². The maximum Gasteiger partial charge on any atom is 0.265 e. The van der Waals surface area contributed by atoms with Crippen molar-refractivity contribution in [3.05, 3.63) is 64.4 Å². The lowest BCUT2D eigenvalue weighted by molar-refractivity contribution is -0.0465. The number of phenolic OH excluding ortho intramolecular Hbond substituents is 1. The van der Waals surface area contributed by atoms with Crippen molar-refractivity contribution in [3.63, 3.8) is 0 Å². The first-order valence-corrected chi connectivity index (χ1v) is 11.8. The number of nitrogens with zero attached hydrogens (tertiary/aromatic N) is 1. The van der Waals surface area contributed by atoms with Crippen molar-refractivity contribution in [3.8, 4) is 5.75 Å². The average Bonchev–Trinajstić information content (AvgIpc) is 2.68. The molecule has 0 spiro atoms. The molecule has 0 radical (unpaired) electrons. The number of hydrogen-bond donors (Lipinski definition) is 2. The average molecular weight is 458 g/mol. The molecule has 1 aliphatic rings. The molecule has 2 N–H and O–H groups in total. The van der Waals surface area contributed by atoms with Gasteiger partial charge in [0.2, 0.25) is 0 Å². The zero-order valence-corrected chi connectivity index (χ0v) is 18.3. The van der Waals surface area contributed by atoms with E-state index in [1.54, 1.807) is 31.2 Å². The summed E-state index contributed by atoms with van der Waals surface area (Å²) in [6, 6.07) is 10.4. The second-order valence-electron chi connectivity index (χ2n) is 7.75. The van der Waals surface area contributed by atoms with Gasteiger partial charge >= 0.3 is 0 Å². The zero-order valence-electron chi connectivity index (χ0n) is 16.8. The lowest BCUT2D eigenvalue weighted by Gasteiger charge is -2.42. The summed E-state index contributed by atoms with van der Waals surface area (Å²) in [5.41, 5.74) is 0.0871. The first-order chi connectivity index (χ1) is 14.0. The van der Waals surface area contributed by atoms with Gasteiger partial charge < -0.3 is 10.2 Å². The van der Waals surface area contributed by atoms with Gasteiger partial charge in [-0.25, -0.2) is 4.39 Å². The molecule has 164 valence electrons. The van der Waals surface area contributed by atoms with Crippen LogP contribution in [0.2, 0.25) is 5.02 Å². The van der Waals surface area contributed by atoms with E-state index in [1.165, 1.54) is 12.1 Å². The van der Waals surface area contributed by atoms with Gasteiger partial charge in [0.05, 0.1) is 11.9 Å². The monoisotopic (exact) mass is 457 g/mol. The predicted octanol–water partition coefficient (Wildman–Crippen LogP) is 3.57. The number of rotatable bonds is 6. The Kier molecular flexibility index (Phi) is 6.74. The van der Waals surface area contributed by atoms with Crippen molar-refractivity contribution in [2.75, 3.05) is 19.3 Å². The van der Waals surface area contributed by atoms with Gasteiger partial charge in [0.1, 0.15) is 6.10 Å². The Labute approximate surface area is 181 Å². The molecule has 1 fully saturated rings. The molecule has 0 saturated carbocycles. The topological polar surface area (TPSA) is 87.1 Å². The summed E-state index contributed by atoms with van der Waals surface area (Å²) in [6.07, 6.45) is 0.860. The van der Waals surface area contributed by atoms with Crippen LogP contribution in [0.5, 0.6) is 5.75 Å². The van der Waals surface area contributed by atoms with Crippen LogP contribution in [0, 0.1) is 5.82 Å². The molecule has 0 bridgehead atoms. The van der Waals surface area contributed by atoms with Crippen molar-refractivity contribution in [1.82, 2.24) is 4.90 Å². The van der Waals surface area contributed by atoms with E-state index >= 15 is 0 Å². The highest BCUT2D eigenvalue weighted by Gasteiger charge is 2.38.